The summed E-state index contributed by atoms with van der Waals surface area (Å²) in [5.74, 6) is 1.16. The molecule has 3 heterocycles. The third kappa shape index (κ3) is 2.84. The molecule has 130 valence electrons. The Kier molecular flexibility index (Phi) is 4.09. The fraction of sp³-hybridized carbons (Fsp3) is 0.389. The van der Waals surface area contributed by atoms with Gasteiger partial charge in [0.15, 0.2) is 0 Å². The average Bonchev–Trinajstić information content (AvgIpc) is 3.07. The van der Waals surface area contributed by atoms with Gasteiger partial charge in [-0.25, -0.2) is 19.3 Å². The topological polar surface area (TPSA) is 67.1 Å². The molecule has 25 heavy (non-hydrogen) atoms. The minimum Gasteiger partial charge on any atom is -0.385 e. The first-order valence-corrected chi connectivity index (χ1v) is 8.44. The molecule has 0 unspecified atom stereocenters. The maximum absolute atomic E-state index is 14.3. The average molecular weight is 341 g/mol. The van der Waals surface area contributed by atoms with Crippen LogP contribution >= 0.6 is 0 Å². The molecule has 0 saturated carbocycles. The molecule has 1 aliphatic rings. The zero-order chi connectivity index (χ0) is 17.4. The predicted octanol–water partition coefficient (Wildman–Crippen LogP) is 2.45. The van der Waals surface area contributed by atoms with Crippen LogP contribution in [0.15, 0.2) is 36.9 Å². The van der Waals surface area contributed by atoms with Crippen LogP contribution in [0.1, 0.15) is 24.8 Å². The zero-order valence-corrected chi connectivity index (χ0v) is 14.0. The fourth-order valence-corrected chi connectivity index (χ4v) is 3.59. The van der Waals surface area contributed by atoms with E-state index in [1.54, 1.807) is 18.3 Å². The molecule has 1 aromatic carbocycles. The number of anilines is 1. The lowest BCUT2D eigenvalue weighted by molar-refractivity contribution is 0.0824. The highest BCUT2D eigenvalue weighted by atomic mass is 19.1. The standard InChI is InChI=1S/C18H20FN5O/c1-23-10-7-20-18(23)16(25)12-5-8-24(9-6-12)17-15-13(19)3-2-4-14(15)21-11-22-17/h2-4,7,10-12,16,25H,5-6,8-9H2,1H3/t16-/m1/s1. The summed E-state index contributed by atoms with van der Waals surface area (Å²) < 4.78 is 16.1. The first kappa shape index (κ1) is 16.0. The minimum absolute atomic E-state index is 0.135. The molecule has 0 bridgehead atoms. The summed E-state index contributed by atoms with van der Waals surface area (Å²) in [7, 11) is 1.89. The molecule has 6 nitrogen and oxygen atoms in total. The maximum Gasteiger partial charge on any atom is 0.142 e. The van der Waals surface area contributed by atoms with Crippen LogP contribution in [0.5, 0.6) is 0 Å². The highest BCUT2D eigenvalue weighted by Crippen LogP contribution is 2.33. The van der Waals surface area contributed by atoms with Gasteiger partial charge in [-0.15, -0.1) is 0 Å². The molecule has 4 rings (SSSR count). The van der Waals surface area contributed by atoms with Gasteiger partial charge in [0.2, 0.25) is 0 Å². The van der Waals surface area contributed by atoms with Crippen molar-refractivity contribution in [2.24, 2.45) is 13.0 Å². The van der Waals surface area contributed by atoms with E-state index >= 15 is 0 Å². The Morgan fingerprint density at radius 1 is 1.20 bits per heavy atom. The molecular formula is C18H20FN5O. The lowest BCUT2D eigenvalue weighted by Crippen LogP contribution is -2.36. The lowest BCUT2D eigenvalue weighted by Gasteiger charge is -2.35. The smallest absolute Gasteiger partial charge is 0.142 e. The van der Waals surface area contributed by atoms with E-state index in [9.17, 15) is 9.50 Å². The van der Waals surface area contributed by atoms with E-state index in [1.807, 2.05) is 17.8 Å². The summed E-state index contributed by atoms with van der Waals surface area (Å²) in [5, 5.41) is 11.1. The number of hydrogen-bond acceptors (Lipinski definition) is 5. The summed E-state index contributed by atoms with van der Waals surface area (Å²) in [6.45, 7) is 1.43. The molecule has 0 spiro atoms. The van der Waals surface area contributed by atoms with Crippen molar-refractivity contribution in [1.29, 1.82) is 0 Å². The fourth-order valence-electron chi connectivity index (χ4n) is 3.59. The Morgan fingerprint density at radius 3 is 2.72 bits per heavy atom. The molecule has 1 fully saturated rings. The highest BCUT2D eigenvalue weighted by Gasteiger charge is 2.29. The van der Waals surface area contributed by atoms with Crippen LogP contribution in [0, 0.1) is 11.7 Å². The lowest BCUT2D eigenvalue weighted by atomic mass is 9.90. The van der Waals surface area contributed by atoms with Crippen molar-refractivity contribution < 1.29 is 9.50 Å². The predicted molar refractivity (Wildman–Crippen MR) is 92.6 cm³/mol. The van der Waals surface area contributed by atoms with E-state index in [-0.39, 0.29) is 11.7 Å². The van der Waals surface area contributed by atoms with E-state index in [1.165, 1.54) is 12.4 Å². The van der Waals surface area contributed by atoms with Gasteiger partial charge in [0.1, 0.15) is 29.9 Å². The van der Waals surface area contributed by atoms with Gasteiger partial charge in [0.25, 0.3) is 0 Å². The van der Waals surface area contributed by atoms with E-state index < -0.39 is 6.10 Å². The van der Waals surface area contributed by atoms with Gasteiger partial charge in [-0.2, -0.15) is 0 Å². The molecule has 0 amide bonds. The number of nitrogens with zero attached hydrogens (tertiary/aromatic N) is 5. The van der Waals surface area contributed by atoms with Crippen molar-refractivity contribution in [2.45, 2.75) is 18.9 Å². The van der Waals surface area contributed by atoms with E-state index in [0.29, 0.717) is 35.6 Å². The molecular weight excluding hydrogens is 321 g/mol. The normalized spacial score (nSPS) is 17.2. The number of fused-ring (bicyclic) bond motifs is 1. The number of aryl methyl sites for hydroxylation is 1. The van der Waals surface area contributed by atoms with E-state index in [0.717, 1.165) is 12.8 Å². The van der Waals surface area contributed by atoms with Gasteiger partial charge in [-0.05, 0) is 30.9 Å². The van der Waals surface area contributed by atoms with Crippen LogP contribution in [-0.4, -0.2) is 37.7 Å². The van der Waals surface area contributed by atoms with Crippen molar-refractivity contribution in [2.75, 3.05) is 18.0 Å². The molecule has 7 heteroatoms. The second-order valence-corrected chi connectivity index (χ2v) is 6.50. The number of halogens is 1. The zero-order valence-electron chi connectivity index (χ0n) is 14.0. The van der Waals surface area contributed by atoms with Crippen molar-refractivity contribution >= 4 is 16.7 Å². The number of benzene rings is 1. The van der Waals surface area contributed by atoms with E-state index in [2.05, 4.69) is 19.9 Å². The molecule has 2 aromatic heterocycles. The highest BCUT2D eigenvalue weighted by molar-refractivity contribution is 5.89. The van der Waals surface area contributed by atoms with Gasteiger partial charge in [-0.1, -0.05) is 6.07 Å². The number of imidazole rings is 1. The second kappa shape index (κ2) is 6.40. The Labute approximate surface area is 145 Å². The number of piperidine rings is 1. The molecule has 1 saturated heterocycles. The van der Waals surface area contributed by atoms with E-state index in [4.69, 9.17) is 0 Å². The van der Waals surface area contributed by atoms with Gasteiger partial charge in [0, 0.05) is 32.5 Å². The Morgan fingerprint density at radius 2 is 2.00 bits per heavy atom. The van der Waals surface area contributed by atoms with Crippen molar-refractivity contribution in [3.63, 3.8) is 0 Å². The van der Waals surface area contributed by atoms with Crippen LogP contribution in [0.25, 0.3) is 10.9 Å². The van der Waals surface area contributed by atoms with Crippen LogP contribution in [-0.2, 0) is 7.05 Å². The summed E-state index contributed by atoms with van der Waals surface area (Å²) >= 11 is 0. The monoisotopic (exact) mass is 341 g/mol. The third-order valence-electron chi connectivity index (χ3n) is 5.00. The largest absolute Gasteiger partial charge is 0.385 e. The van der Waals surface area contributed by atoms with Gasteiger partial charge in [-0.3, -0.25) is 0 Å². The van der Waals surface area contributed by atoms with Crippen LogP contribution < -0.4 is 4.90 Å². The summed E-state index contributed by atoms with van der Waals surface area (Å²) in [6, 6.07) is 4.89. The number of rotatable bonds is 3. The van der Waals surface area contributed by atoms with Crippen LogP contribution in [0.3, 0.4) is 0 Å². The number of aromatic nitrogens is 4. The summed E-state index contributed by atoms with van der Waals surface area (Å²) in [5.41, 5.74) is 0.611. The minimum atomic E-state index is -0.582. The molecule has 3 aromatic rings. The third-order valence-corrected chi connectivity index (χ3v) is 5.00. The first-order chi connectivity index (χ1) is 12.1. The van der Waals surface area contributed by atoms with Crippen LogP contribution in [0.4, 0.5) is 10.2 Å². The Bertz CT molecular complexity index is 883. The molecule has 0 radical (unpaired) electrons. The number of aliphatic hydroxyl groups excluding tert-OH is 1. The number of aliphatic hydroxyl groups is 1. The summed E-state index contributed by atoms with van der Waals surface area (Å²) in [6.07, 6.45) is 6.03. The molecule has 1 aliphatic heterocycles. The Hall–Kier alpha value is -2.54. The van der Waals surface area contributed by atoms with Gasteiger partial charge < -0.3 is 14.6 Å². The summed E-state index contributed by atoms with van der Waals surface area (Å²) in [4.78, 5) is 14.8. The van der Waals surface area contributed by atoms with Crippen molar-refractivity contribution in [3.8, 4) is 0 Å². The maximum atomic E-state index is 14.3. The molecule has 0 aliphatic carbocycles. The second-order valence-electron chi connectivity index (χ2n) is 6.50. The van der Waals surface area contributed by atoms with Gasteiger partial charge in [0.05, 0.1) is 10.9 Å². The first-order valence-electron chi connectivity index (χ1n) is 8.44. The molecule has 1 N–H and O–H groups in total. The number of hydrogen-bond donors (Lipinski definition) is 1. The van der Waals surface area contributed by atoms with Crippen molar-refractivity contribution in [3.05, 3.63) is 48.6 Å². The quantitative estimate of drug-likeness (QED) is 0.793. The molecule has 1 atom stereocenters. The van der Waals surface area contributed by atoms with Crippen LogP contribution in [0.2, 0.25) is 0 Å². The van der Waals surface area contributed by atoms with Gasteiger partial charge >= 0.3 is 0 Å². The SMILES string of the molecule is Cn1ccnc1[C@H](O)C1CCN(c2ncnc3cccc(F)c23)CC1. The Balaban J connectivity index is 1.54. The van der Waals surface area contributed by atoms with Crippen molar-refractivity contribution in [1.82, 2.24) is 19.5 Å².